The molecule has 0 unspecified atom stereocenters. The largest absolute Gasteiger partial charge is 0.353 e. The Labute approximate surface area is 136 Å². The molecule has 1 N–H and O–H groups in total. The van der Waals surface area contributed by atoms with E-state index in [2.05, 4.69) is 29.6 Å². The summed E-state index contributed by atoms with van der Waals surface area (Å²) in [6, 6.07) is 14.4. The van der Waals surface area contributed by atoms with Gasteiger partial charge in [-0.3, -0.25) is 4.99 Å². The molecular weight excluding hydrogens is 292 g/mol. The highest BCUT2D eigenvalue weighted by atomic mass is 35.5. The Hall–Kier alpha value is -1.80. The molecule has 112 valence electrons. The van der Waals surface area contributed by atoms with Crippen LogP contribution in [0.5, 0.6) is 0 Å². The molecule has 0 atom stereocenters. The lowest BCUT2D eigenvalue weighted by molar-refractivity contribution is 0.440. The van der Waals surface area contributed by atoms with Crippen LogP contribution in [0.15, 0.2) is 47.5 Å². The number of hydrogen-bond donors (Lipinski definition) is 1. The highest BCUT2D eigenvalue weighted by molar-refractivity contribution is 6.31. The second kappa shape index (κ2) is 5.77. The van der Waals surface area contributed by atoms with Crippen molar-refractivity contribution >= 4 is 34.4 Å². The molecule has 4 rings (SSSR count). The first-order valence-electron chi connectivity index (χ1n) is 8.06. The summed E-state index contributed by atoms with van der Waals surface area (Å²) in [4.78, 5) is 5.03. The summed E-state index contributed by atoms with van der Waals surface area (Å²) < 4.78 is 0. The van der Waals surface area contributed by atoms with Gasteiger partial charge < -0.3 is 5.32 Å². The van der Waals surface area contributed by atoms with Crippen molar-refractivity contribution < 1.29 is 0 Å². The summed E-state index contributed by atoms with van der Waals surface area (Å²) in [6.45, 7) is 0. The maximum atomic E-state index is 6.18. The zero-order valence-electron chi connectivity index (χ0n) is 12.5. The van der Waals surface area contributed by atoms with Gasteiger partial charge in [0, 0.05) is 22.2 Å². The monoisotopic (exact) mass is 310 g/mol. The molecule has 2 nitrogen and oxygen atoms in total. The van der Waals surface area contributed by atoms with Crippen LogP contribution >= 0.6 is 11.6 Å². The number of para-hydroxylation sites is 1. The Morgan fingerprint density at radius 3 is 2.64 bits per heavy atom. The summed E-state index contributed by atoms with van der Waals surface area (Å²) in [5.74, 6) is 0.557. The van der Waals surface area contributed by atoms with E-state index in [1.807, 2.05) is 18.2 Å². The smallest absolute Gasteiger partial charge is 0.0882 e. The van der Waals surface area contributed by atoms with Gasteiger partial charge in [-0.2, -0.15) is 0 Å². The predicted molar refractivity (Wildman–Crippen MR) is 93.9 cm³/mol. The second-order valence-corrected chi connectivity index (χ2v) is 6.60. The van der Waals surface area contributed by atoms with Gasteiger partial charge in [-0.1, -0.05) is 49.1 Å². The first-order chi connectivity index (χ1) is 10.8. The molecule has 1 aliphatic heterocycles. The molecule has 1 heterocycles. The minimum Gasteiger partial charge on any atom is -0.353 e. The van der Waals surface area contributed by atoms with Crippen molar-refractivity contribution in [1.82, 2.24) is 0 Å². The minimum atomic E-state index is 0.557. The summed E-state index contributed by atoms with van der Waals surface area (Å²) in [7, 11) is 0. The van der Waals surface area contributed by atoms with Gasteiger partial charge in [0.15, 0.2) is 0 Å². The molecule has 2 aromatic rings. The van der Waals surface area contributed by atoms with Gasteiger partial charge in [-0.15, -0.1) is 0 Å². The van der Waals surface area contributed by atoms with E-state index in [1.165, 1.54) is 43.4 Å². The third-order valence-electron chi connectivity index (χ3n) is 4.66. The fourth-order valence-electron chi connectivity index (χ4n) is 3.54. The average molecular weight is 311 g/mol. The number of benzene rings is 2. The van der Waals surface area contributed by atoms with Crippen molar-refractivity contribution in [1.29, 1.82) is 0 Å². The third-order valence-corrected chi connectivity index (χ3v) is 4.90. The van der Waals surface area contributed by atoms with Gasteiger partial charge in [0.25, 0.3) is 0 Å². The highest BCUT2D eigenvalue weighted by Gasteiger charge is 2.25. The van der Waals surface area contributed by atoms with Crippen molar-refractivity contribution in [3.8, 4) is 0 Å². The Kier molecular flexibility index (Phi) is 3.63. The fraction of sp³-hybridized carbons (Fsp3) is 0.316. The Morgan fingerprint density at radius 2 is 1.77 bits per heavy atom. The van der Waals surface area contributed by atoms with Crippen LogP contribution in [0.3, 0.4) is 0 Å². The van der Waals surface area contributed by atoms with E-state index in [4.69, 9.17) is 16.6 Å². The number of halogens is 1. The highest BCUT2D eigenvalue weighted by Crippen LogP contribution is 2.39. The molecular formula is C19H19ClN2. The molecule has 0 spiro atoms. The normalized spacial score (nSPS) is 17.8. The number of nitrogens with one attached hydrogen (secondary N) is 1. The molecule has 0 bridgehead atoms. The van der Waals surface area contributed by atoms with Crippen LogP contribution in [0.1, 0.15) is 37.7 Å². The maximum absolute atomic E-state index is 6.18. The van der Waals surface area contributed by atoms with Gasteiger partial charge in [0.05, 0.1) is 17.1 Å². The molecule has 0 aromatic heterocycles. The van der Waals surface area contributed by atoms with E-state index < -0.39 is 0 Å². The number of nitrogens with zero attached hydrogens (tertiary/aromatic N) is 1. The van der Waals surface area contributed by atoms with E-state index in [0.29, 0.717) is 5.92 Å². The van der Waals surface area contributed by atoms with Gasteiger partial charge >= 0.3 is 0 Å². The van der Waals surface area contributed by atoms with Crippen LogP contribution in [-0.2, 0) is 0 Å². The Bertz CT molecular complexity index is 730. The first-order valence-corrected chi connectivity index (χ1v) is 8.43. The summed E-state index contributed by atoms with van der Waals surface area (Å²) >= 11 is 6.18. The Morgan fingerprint density at radius 1 is 0.955 bits per heavy atom. The summed E-state index contributed by atoms with van der Waals surface area (Å²) in [6.07, 6.45) is 6.45. The lowest BCUT2D eigenvalue weighted by Crippen LogP contribution is -2.19. The standard InChI is InChI=1S/C19H19ClN2/c20-14-10-11-17-18(12-14)22-19(13-6-2-1-3-7-13)15-8-4-5-9-16(15)21-17/h4-5,8-13,21H,1-3,6-7H2. The van der Waals surface area contributed by atoms with Crippen LogP contribution < -0.4 is 5.32 Å². The zero-order valence-corrected chi connectivity index (χ0v) is 13.2. The van der Waals surface area contributed by atoms with Crippen molar-refractivity contribution in [3.05, 3.63) is 53.1 Å². The lowest BCUT2D eigenvalue weighted by atomic mass is 9.83. The molecule has 0 radical (unpaired) electrons. The predicted octanol–water partition coefficient (Wildman–Crippen LogP) is 6.10. The number of aliphatic imine (C=N–C) groups is 1. The van der Waals surface area contributed by atoms with E-state index in [0.717, 1.165) is 22.1 Å². The number of anilines is 2. The van der Waals surface area contributed by atoms with E-state index >= 15 is 0 Å². The fourth-order valence-corrected chi connectivity index (χ4v) is 3.71. The van der Waals surface area contributed by atoms with Gasteiger partial charge in [-0.05, 0) is 37.1 Å². The first kappa shape index (κ1) is 13.8. The average Bonchev–Trinajstić information content (AvgIpc) is 2.72. The number of hydrogen-bond acceptors (Lipinski definition) is 2. The third kappa shape index (κ3) is 2.52. The van der Waals surface area contributed by atoms with E-state index in [-0.39, 0.29) is 0 Å². The van der Waals surface area contributed by atoms with Gasteiger partial charge in [0.1, 0.15) is 0 Å². The molecule has 2 aromatic carbocycles. The lowest BCUT2D eigenvalue weighted by Gasteiger charge is -2.24. The van der Waals surface area contributed by atoms with Crippen LogP contribution in [0, 0.1) is 5.92 Å². The van der Waals surface area contributed by atoms with E-state index in [9.17, 15) is 0 Å². The Balaban J connectivity index is 1.88. The van der Waals surface area contributed by atoms with Crippen LogP contribution in [0.25, 0.3) is 0 Å². The quantitative estimate of drug-likeness (QED) is 0.676. The molecule has 1 aliphatic carbocycles. The molecule has 0 amide bonds. The topological polar surface area (TPSA) is 24.4 Å². The van der Waals surface area contributed by atoms with Gasteiger partial charge in [0.2, 0.25) is 0 Å². The maximum Gasteiger partial charge on any atom is 0.0882 e. The second-order valence-electron chi connectivity index (χ2n) is 6.16. The molecule has 3 heteroatoms. The summed E-state index contributed by atoms with van der Waals surface area (Å²) in [5, 5.41) is 4.26. The SMILES string of the molecule is Clc1ccc2c(c1)N=C(C1CCCCC1)c1ccccc1N2. The van der Waals surface area contributed by atoms with Crippen LogP contribution in [-0.4, -0.2) is 5.71 Å². The molecule has 2 aliphatic rings. The van der Waals surface area contributed by atoms with Crippen molar-refractivity contribution in [2.45, 2.75) is 32.1 Å². The molecule has 1 saturated carbocycles. The number of fused-ring (bicyclic) bond motifs is 2. The summed E-state index contributed by atoms with van der Waals surface area (Å²) in [5.41, 5.74) is 5.59. The van der Waals surface area contributed by atoms with Crippen LogP contribution in [0.2, 0.25) is 5.02 Å². The van der Waals surface area contributed by atoms with Gasteiger partial charge in [-0.25, -0.2) is 0 Å². The minimum absolute atomic E-state index is 0.557. The van der Waals surface area contributed by atoms with Crippen molar-refractivity contribution in [3.63, 3.8) is 0 Å². The molecule has 1 fully saturated rings. The van der Waals surface area contributed by atoms with Crippen molar-refractivity contribution in [2.24, 2.45) is 10.9 Å². The zero-order chi connectivity index (χ0) is 14.9. The van der Waals surface area contributed by atoms with E-state index in [1.54, 1.807) is 0 Å². The molecule has 22 heavy (non-hydrogen) atoms. The number of rotatable bonds is 1. The molecule has 0 saturated heterocycles. The van der Waals surface area contributed by atoms with Crippen LogP contribution in [0.4, 0.5) is 17.1 Å². The van der Waals surface area contributed by atoms with Crippen molar-refractivity contribution in [2.75, 3.05) is 5.32 Å².